The van der Waals surface area contributed by atoms with E-state index < -0.39 is 0 Å². The summed E-state index contributed by atoms with van der Waals surface area (Å²) >= 11 is 3.37. The van der Waals surface area contributed by atoms with E-state index in [2.05, 4.69) is 21.2 Å². The normalized spacial score (nSPS) is 10.5. The van der Waals surface area contributed by atoms with Gasteiger partial charge in [0.15, 0.2) is 0 Å². The number of anilines is 1. The van der Waals surface area contributed by atoms with Crippen molar-refractivity contribution in [2.75, 3.05) is 5.32 Å². The van der Waals surface area contributed by atoms with Crippen molar-refractivity contribution in [3.8, 4) is 0 Å². The zero-order valence-corrected chi connectivity index (χ0v) is 9.76. The van der Waals surface area contributed by atoms with Gasteiger partial charge in [-0.25, -0.2) is 0 Å². The third-order valence-electron chi connectivity index (χ3n) is 1.63. The maximum absolute atomic E-state index is 11.2. The lowest BCUT2D eigenvalue weighted by atomic mass is 10.2. The lowest BCUT2D eigenvalue weighted by Gasteiger charge is -2.04. The van der Waals surface area contributed by atoms with Crippen molar-refractivity contribution in [1.29, 1.82) is 0 Å². The van der Waals surface area contributed by atoms with Crippen LogP contribution < -0.4 is 5.32 Å². The van der Waals surface area contributed by atoms with Gasteiger partial charge in [0.05, 0.1) is 0 Å². The van der Waals surface area contributed by atoms with E-state index in [9.17, 15) is 4.79 Å². The summed E-state index contributed by atoms with van der Waals surface area (Å²) in [4.78, 5) is 11.2. The first-order valence-corrected chi connectivity index (χ1v) is 5.12. The number of halogens is 1. The first-order valence-electron chi connectivity index (χ1n) is 4.32. The van der Waals surface area contributed by atoms with E-state index in [1.807, 2.05) is 32.0 Å². The Balaban J connectivity index is 2.81. The number of benzene rings is 1. The van der Waals surface area contributed by atoms with E-state index in [-0.39, 0.29) is 5.91 Å². The molecule has 2 nitrogen and oxygen atoms in total. The van der Waals surface area contributed by atoms with Crippen LogP contribution in [0.3, 0.4) is 0 Å². The van der Waals surface area contributed by atoms with Gasteiger partial charge < -0.3 is 5.32 Å². The molecule has 1 rings (SSSR count). The number of carbonyl (C=O) groups excluding carboxylic acids is 1. The molecule has 74 valence electrons. The van der Waals surface area contributed by atoms with Crippen LogP contribution in [0.4, 0.5) is 5.69 Å². The fourth-order valence-electron chi connectivity index (χ4n) is 1.14. The van der Waals surface area contributed by atoms with Gasteiger partial charge in [-0.05, 0) is 43.7 Å². The molecule has 14 heavy (non-hydrogen) atoms. The third kappa shape index (κ3) is 3.34. The Morgan fingerprint density at radius 3 is 2.71 bits per heavy atom. The fourth-order valence-corrected chi connectivity index (χ4v) is 1.75. The standard InChI is InChI=1S/C11H12BrNO/c1-3-4-11(14)13-10-6-8(2)5-9(12)7-10/h3-7H,1-2H3,(H,13,14)/b4-3+. The second-order valence-corrected chi connectivity index (χ2v) is 3.92. The van der Waals surface area contributed by atoms with Crippen molar-refractivity contribution >= 4 is 27.5 Å². The van der Waals surface area contributed by atoms with Crippen LogP contribution in [0, 0.1) is 6.92 Å². The van der Waals surface area contributed by atoms with Crippen LogP contribution in [-0.2, 0) is 4.79 Å². The number of carbonyl (C=O) groups is 1. The quantitative estimate of drug-likeness (QED) is 0.806. The molecule has 0 aliphatic carbocycles. The predicted molar refractivity (Wildman–Crippen MR) is 62.3 cm³/mol. The van der Waals surface area contributed by atoms with Crippen molar-refractivity contribution < 1.29 is 4.79 Å². The second-order valence-electron chi connectivity index (χ2n) is 3.01. The molecule has 0 aromatic heterocycles. The van der Waals surface area contributed by atoms with Gasteiger partial charge in [-0.2, -0.15) is 0 Å². The van der Waals surface area contributed by atoms with E-state index in [1.165, 1.54) is 6.08 Å². The molecule has 0 radical (unpaired) electrons. The van der Waals surface area contributed by atoms with Gasteiger partial charge in [-0.15, -0.1) is 0 Å². The Labute approximate surface area is 92.1 Å². The van der Waals surface area contributed by atoms with Gasteiger partial charge in [0.2, 0.25) is 5.91 Å². The van der Waals surface area contributed by atoms with E-state index in [0.717, 1.165) is 15.7 Å². The number of allylic oxidation sites excluding steroid dienone is 1. The molecule has 0 saturated carbocycles. The van der Waals surface area contributed by atoms with E-state index >= 15 is 0 Å². The smallest absolute Gasteiger partial charge is 0.248 e. The molecule has 0 unspecified atom stereocenters. The molecule has 1 aromatic rings. The third-order valence-corrected chi connectivity index (χ3v) is 2.09. The summed E-state index contributed by atoms with van der Waals surface area (Å²) in [6.07, 6.45) is 3.20. The molecule has 0 aliphatic heterocycles. The number of rotatable bonds is 2. The van der Waals surface area contributed by atoms with E-state index in [1.54, 1.807) is 6.08 Å². The minimum atomic E-state index is -0.106. The number of amides is 1. The lowest BCUT2D eigenvalue weighted by Crippen LogP contribution is -2.07. The average molecular weight is 254 g/mol. The van der Waals surface area contributed by atoms with Crippen LogP contribution in [-0.4, -0.2) is 5.91 Å². The second kappa shape index (κ2) is 4.96. The molecule has 0 aliphatic rings. The van der Waals surface area contributed by atoms with Crippen LogP contribution >= 0.6 is 15.9 Å². The van der Waals surface area contributed by atoms with Gasteiger partial charge in [0.1, 0.15) is 0 Å². The Morgan fingerprint density at radius 1 is 1.43 bits per heavy atom. The summed E-state index contributed by atoms with van der Waals surface area (Å²) in [7, 11) is 0. The van der Waals surface area contributed by atoms with Crippen molar-refractivity contribution in [3.63, 3.8) is 0 Å². The van der Waals surface area contributed by atoms with Gasteiger partial charge in [0.25, 0.3) is 0 Å². The number of nitrogens with one attached hydrogen (secondary N) is 1. The molecule has 1 N–H and O–H groups in total. The summed E-state index contributed by atoms with van der Waals surface area (Å²) in [6.45, 7) is 3.79. The van der Waals surface area contributed by atoms with Gasteiger partial charge in [-0.3, -0.25) is 4.79 Å². The highest BCUT2D eigenvalue weighted by Crippen LogP contribution is 2.18. The molecule has 0 heterocycles. The molecule has 0 fully saturated rings. The van der Waals surface area contributed by atoms with Crippen LogP contribution in [0.25, 0.3) is 0 Å². The van der Waals surface area contributed by atoms with Crippen molar-refractivity contribution in [2.45, 2.75) is 13.8 Å². The summed E-state index contributed by atoms with van der Waals surface area (Å²) in [5, 5.41) is 2.77. The molecule has 0 bridgehead atoms. The highest BCUT2D eigenvalue weighted by molar-refractivity contribution is 9.10. The number of hydrogen-bond acceptors (Lipinski definition) is 1. The summed E-state index contributed by atoms with van der Waals surface area (Å²) in [5.74, 6) is -0.106. The lowest BCUT2D eigenvalue weighted by molar-refractivity contribution is -0.111. The Bertz CT molecular complexity index is 351. The molecular weight excluding hydrogens is 242 g/mol. The first-order chi connectivity index (χ1) is 6.61. The highest BCUT2D eigenvalue weighted by atomic mass is 79.9. The summed E-state index contributed by atoms with van der Waals surface area (Å²) in [5.41, 5.74) is 1.91. The van der Waals surface area contributed by atoms with Crippen LogP contribution in [0.1, 0.15) is 12.5 Å². The van der Waals surface area contributed by atoms with Crippen molar-refractivity contribution in [1.82, 2.24) is 0 Å². The molecule has 0 spiro atoms. The van der Waals surface area contributed by atoms with Crippen LogP contribution in [0.15, 0.2) is 34.8 Å². The maximum atomic E-state index is 11.2. The van der Waals surface area contributed by atoms with Crippen LogP contribution in [0.5, 0.6) is 0 Å². The largest absolute Gasteiger partial charge is 0.322 e. The fraction of sp³-hybridized carbons (Fsp3) is 0.182. The van der Waals surface area contributed by atoms with Crippen molar-refractivity contribution in [2.24, 2.45) is 0 Å². The monoisotopic (exact) mass is 253 g/mol. The molecule has 1 amide bonds. The average Bonchev–Trinajstić information content (AvgIpc) is 2.01. The Morgan fingerprint density at radius 2 is 2.14 bits per heavy atom. The molecule has 3 heteroatoms. The predicted octanol–water partition coefficient (Wildman–Crippen LogP) is 3.27. The molecule has 0 atom stereocenters. The highest BCUT2D eigenvalue weighted by Gasteiger charge is 1.99. The summed E-state index contributed by atoms with van der Waals surface area (Å²) < 4.78 is 0.966. The SMILES string of the molecule is C/C=C/C(=O)Nc1cc(C)cc(Br)c1. The van der Waals surface area contributed by atoms with Crippen LogP contribution in [0.2, 0.25) is 0 Å². The molecular formula is C11H12BrNO. The minimum absolute atomic E-state index is 0.106. The zero-order chi connectivity index (χ0) is 10.6. The maximum Gasteiger partial charge on any atom is 0.248 e. The Hall–Kier alpha value is -1.09. The number of hydrogen-bond donors (Lipinski definition) is 1. The minimum Gasteiger partial charge on any atom is -0.322 e. The Kier molecular flexibility index (Phi) is 3.89. The van der Waals surface area contributed by atoms with E-state index in [0.29, 0.717) is 0 Å². The first kappa shape index (κ1) is 11.0. The van der Waals surface area contributed by atoms with Crippen molar-refractivity contribution in [3.05, 3.63) is 40.4 Å². The topological polar surface area (TPSA) is 29.1 Å². The zero-order valence-electron chi connectivity index (χ0n) is 8.17. The van der Waals surface area contributed by atoms with Gasteiger partial charge >= 0.3 is 0 Å². The van der Waals surface area contributed by atoms with E-state index in [4.69, 9.17) is 0 Å². The summed E-state index contributed by atoms with van der Waals surface area (Å²) in [6, 6.07) is 5.78. The van der Waals surface area contributed by atoms with Gasteiger partial charge in [0, 0.05) is 10.2 Å². The molecule has 0 saturated heterocycles. The van der Waals surface area contributed by atoms with Gasteiger partial charge in [-0.1, -0.05) is 22.0 Å². The number of aryl methyl sites for hydroxylation is 1. The molecule has 1 aromatic carbocycles.